The average Bonchev–Trinajstić information content (AvgIpc) is 2.82. The van der Waals surface area contributed by atoms with E-state index in [4.69, 9.17) is 5.73 Å². The van der Waals surface area contributed by atoms with E-state index in [1.165, 1.54) is 17.5 Å². The van der Waals surface area contributed by atoms with Crippen molar-refractivity contribution in [3.63, 3.8) is 0 Å². The normalized spacial score (nSPS) is 23.4. The van der Waals surface area contributed by atoms with Gasteiger partial charge in [-0.05, 0) is 30.4 Å². The largest absolute Gasteiger partial charge is 0.321 e. The summed E-state index contributed by atoms with van der Waals surface area (Å²) in [6.07, 6.45) is 6.12. The monoisotopic (exact) mass is 244 g/mol. The number of fused-ring (bicyclic) bond motifs is 1. The smallest absolute Gasteiger partial charge is 0.0946 e. The molecule has 1 aliphatic carbocycles. The van der Waals surface area contributed by atoms with Gasteiger partial charge in [0.2, 0.25) is 0 Å². The van der Waals surface area contributed by atoms with E-state index in [1.54, 1.807) is 11.3 Å². The lowest BCUT2D eigenvalue weighted by molar-refractivity contribution is 0.369. The summed E-state index contributed by atoms with van der Waals surface area (Å²) in [7, 11) is 0. The van der Waals surface area contributed by atoms with Crippen LogP contribution in [0.5, 0.6) is 0 Å². The number of nitrogens with zero attached hydrogens (tertiary/aromatic N) is 1. The van der Waals surface area contributed by atoms with Crippen LogP contribution < -0.4 is 5.73 Å². The second kappa shape index (κ2) is 4.24. The Morgan fingerprint density at radius 3 is 3.06 bits per heavy atom. The molecule has 1 atom stereocenters. The standard InChI is InChI=1S/C14H16N2S/c15-14(10-13-16-8-9-17-13)7-3-5-11-4-1-2-6-12(11)14/h1-2,4,6,8-9H,3,5,7,10,15H2. The maximum atomic E-state index is 6.63. The molecule has 0 spiro atoms. The molecule has 0 bridgehead atoms. The van der Waals surface area contributed by atoms with E-state index in [1.807, 2.05) is 11.6 Å². The van der Waals surface area contributed by atoms with Crippen LogP contribution in [0.25, 0.3) is 0 Å². The summed E-state index contributed by atoms with van der Waals surface area (Å²) < 4.78 is 0. The molecule has 3 heteroatoms. The molecule has 1 aliphatic rings. The molecule has 1 aromatic heterocycles. The molecule has 17 heavy (non-hydrogen) atoms. The van der Waals surface area contributed by atoms with Gasteiger partial charge < -0.3 is 5.73 Å². The molecule has 0 saturated carbocycles. The van der Waals surface area contributed by atoms with E-state index in [9.17, 15) is 0 Å². The van der Waals surface area contributed by atoms with Gasteiger partial charge in [0.05, 0.1) is 5.01 Å². The van der Waals surface area contributed by atoms with Gasteiger partial charge in [-0.1, -0.05) is 24.3 Å². The maximum Gasteiger partial charge on any atom is 0.0946 e. The predicted octanol–water partition coefficient (Wildman–Crippen LogP) is 2.88. The van der Waals surface area contributed by atoms with Crippen molar-refractivity contribution in [2.75, 3.05) is 0 Å². The van der Waals surface area contributed by atoms with Crippen molar-refractivity contribution in [3.8, 4) is 0 Å². The number of hydrogen-bond acceptors (Lipinski definition) is 3. The fraction of sp³-hybridized carbons (Fsp3) is 0.357. The van der Waals surface area contributed by atoms with Crippen molar-refractivity contribution in [2.45, 2.75) is 31.2 Å². The molecule has 0 saturated heterocycles. The Morgan fingerprint density at radius 1 is 1.35 bits per heavy atom. The SMILES string of the molecule is NC1(Cc2nccs2)CCCc2ccccc21. The highest BCUT2D eigenvalue weighted by Gasteiger charge is 2.33. The van der Waals surface area contributed by atoms with Crippen molar-refractivity contribution in [1.82, 2.24) is 4.98 Å². The van der Waals surface area contributed by atoms with E-state index in [0.29, 0.717) is 0 Å². The Morgan fingerprint density at radius 2 is 2.24 bits per heavy atom. The van der Waals surface area contributed by atoms with Gasteiger partial charge >= 0.3 is 0 Å². The Hall–Kier alpha value is -1.19. The molecule has 1 heterocycles. The second-order valence-electron chi connectivity index (χ2n) is 4.77. The summed E-state index contributed by atoms with van der Waals surface area (Å²) in [5.41, 5.74) is 9.15. The quantitative estimate of drug-likeness (QED) is 0.882. The van der Waals surface area contributed by atoms with Crippen molar-refractivity contribution in [2.24, 2.45) is 5.73 Å². The lowest BCUT2D eigenvalue weighted by Crippen LogP contribution is -2.42. The summed E-state index contributed by atoms with van der Waals surface area (Å²) in [5.74, 6) is 0. The molecular weight excluding hydrogens is 228 g/mol. The number of thiazole rings is 1. The van der Waals surface area contributed by atoms with Crippen molar-refractivity contribution in [1.29, 1.82) is 0 Å². The van der Waals surface area contributed by atoms with E-state index >= 15 is 0 Å². The molecule has 1 unspecified atom stereocenters. The van der Waals surface area contributed by atoms with Gasteiger partial charge in [0.1, 0.15) is 0 Å². The van der Waals surface area contributed by atoms with Crippen LogP contribution in [0.1, 0.15) is 29.0 Å². The molecule has 2 nitrogen and oxygen atoms in total. The predicted molar refractivity (Wildman–Crippen MR) is 71.1 cm³/mol. The fourth-order valence-corrected chi connectivity index (χ4v) is 3.49. The number of rotatable bonds is 2. The van der Waals surface area contributed by atoms with Crippen LogP contribution in [0, 0.1) is 0 Å². The van der Waals surface area contributed by atoms with E-state index in [2.05, 4.69) is 29.2 Å². The number of benzene rings is 1. The van der Waals surface area contributed by atoms with Gasteiger partial charge in [-0.2, -0.15) is 0 Å². The number of hydrogen-bond donors (Lipinski definition) is 1. The molecule has 0 amide bonds. The van der Waals surface area contributed by atoms with E-state index < -0.39 is 0 Å². The summed E-state index contributed by atoms with van der Waals surface area (Å²) in [6.45, 7) is 0. The maximum absolute atomic E-state index is 6.63. The lowest BCUT2D eigenvalue weighted by atomic mass is 9.75. The number of aryl methyl sites for hydroxylation is 1. The topological polar surface area (TPSA) is 38.9 Å². The Bertz CT molecular complexity index is 507. The van der Waals surface area contributed by atoms with Crippen molar-refractivity contribution in [3.05, 3.63) is 52.0 Å². The average molecular weight is 244 g/mol. The van der Waals surface area contributed by atoms with Gasteiger partial charge in [0, 0.05) is 23.5 Å². The summed E-state index contributed by atoms with van der Waals surface area (Å²) >= 11 is 1.70. The Kier molecular flexibility index (Phi) is 2.73. The zero-order valence-electron chi connectivity index (χ0n) is 9.73. The lowest BCUT2D eigenvalue weighted by Gasteiger charge is -2.35. The van der Waals surface area contributed by atoms with E-state index in [-0.39, 0.29) is 5.54 Å². The minimum absolute atomic E-state index is 0.216. The third-order valence-electron chi connectivity index (χ3n) is 3.57. The first-order valence-electron chi connectivity index (χ1n) is 6.04. The number of nitrogens with two attached hydrogens (primary N) is 1. The molecular formula is C14H16N2S. The van der Waals surface area contributed by atoms with Crippen molar-refractivity contribution < 1.29 is 0 Å². The molecule has 88 valence electrons. The van der Waals surface area contributed by atoms with Gasteiger partial charge in [-0.3, -0.25) is 0 Å². The van der Waals surface area contributed by atoms with Gasteiger partial charge in [0.25, 0.3) is 0 Å². The highest BCUT2D eigenvalue weighted by molar-refractivity contribution is 7.09. The van der Waals surface area contributed by atoms with Crippen LogP contribution in [-0.2, 0) is 18.4 Å². The van der Waals surface area contributed by atoms with Crippen LogP contribution in [0.15, 0.2) is 35.8 Å². The zero-order chi connectivity index (χ0) is 11.7. The second-order valence-corrected chi connectivity index (χ2v) is 5.75. The third-order valence-corrected chi connectivity index (χ3v) is 4.35. The zero-order valence-corrected chi connectivity index (χ0v) is 10.5. The summed E-state index contributed by atoms with van der Waals surface area (Å²) in [6, 6.07) is 8.58. The van der Waals surface area contributed by atoms with Crippen LogP contribution in [0.2, 0.25) is 0 Å². The first kappa shape index (κ1) is 10.9. The molecule has 2 aromatic rings. The minimum atomic E-state index is -0.216. The molecule has 3 rings (SSSR count). The summed E-state index contributed by atoms with van der Waals surface area (Å²) in [5, 5.41) is 3.16. The molecule has 2 N–H and O–H groups in total. The molecule has 1 aromatic carbocycles. The first-order valence-corrected chi connectivity index (χ1v) is 6.91. The van der Waals surface area contributed by atoms with Gasteiger partial charge in [-0.15, -0.1) is 11.3 Å². The molecule has 0 fully saturated rings. The van der Waals surface area contributed by atoms with E-state index in [0.717, 1.165) is 24.3 Å². The Labute approximate surface area is 106 Å². The summed E-state index contributed by atoms with van der Waals surface area (Å²) in [4.78, 5) is 4.37. The fourth-order valence-electron chi connectivity index (χ4n) is 2.75. The van der Waals surface area contributed by atoms with Crippen molar-refractivity contribution >= 4 is 11.3 Å². The first-order chi connectivity index (χ1) is 8.28. The molecule has 0 aliphatic heterocycles. The molecule has 0 radical (unpaired) electrons. The highest BCUT2D eigenvalue weighted by Crippen LogP contribution is 2.36. The minimum Gasteiger partial charge on any atom is -0.321 e. The number of aromatic nitrogens is 1. The van der Waals surface area contributed by atoms with Crippen LogP contribution in [0.4, 0.5) is 0 Å². The van der Waals surface area contributed by atoms with Gasteiger partial charge in [0.15, 0.2) is 0 Å². The van der Waals surface area contributed by atoms with Gasteiger partial charge in [-0.25, -0.2) is 4.98 Å². The third kappa shape index (κ3) is 2.01. The van der Waals surface area contributed by atoms with Crippen LogP contribution >= 0.6 is 11.3 Å². The Balaban J connectivity index is 1.98. The van der Waals surface area contributed by atoms with Crippen LogP contribution in [0.3, 0.4) is 0 Å². The highest BCUT2D eigenvalue weighted by atomic mass is 32.1. The van der Waals surface area contributed by atoms with Crippen LogP contribution in [-0.4, -0.2) is 4.98 Å².